The van der Waals surface area contributed by atoms with Crippen LogP contribution in [0.1, 0.15) is 26.0 Å². The highest BCUT2D eigenvalue weighted by molar-refractivity contribution is 7.88. The fourth-order valence-electron chi connectivity index (χ4n) is 2.11. The van der Waals surface area contributed by atoms with Crippen LogP contribution >= 0.6 is 0 Å². The van der Waals surface area contributed by atoms with Crippen molar-refractivity contribution in [2.24, 2.45) is 0 Å². The number of carbonyl (C=O) groups is 1. The van der Waals surface area contributed by atoms with Gasteiger partial charge >= 0.3 is 5.97 Å². The van der Waals surface area contributed by atoms with Gasteiger partial charge in [0, 0.05) is 25.1 Å². The zero-order valence-electron chi connectivity index (χ0n) is 13.2. The highest BCUT2D eigenvalue weighted by atomic mass is 32.2. The van der Waals surface area contributed by atoms with Crippen molar-refractivity contribution < 1.29 is 22.4 Å². The highest BCUT2D eigenvalue weighted by Crippen LogP contribution is 2.16. The van der Waals surface area contributed by atoms with Gasteiger partial charge in [-0.15, -0.1) is 0 Å². The molecule has 0 N–H and O–H groups in total. The van der Waals surface area contributed by atoms with E-state index in [2.05, 4.69) is 0 Å². The van der Waals surface area contributed by atoms with Gasteiger partial charge in [0.25, 0.3) is 0 Å². The van der Waals surface area contributed by atoms with E-state index < -0.39 is 16.0 Å². The lowest BCUT2D eigenvalue weighted by Crippen LogP contribution is -2.40. The van der Waals surface area contributed by atoms with Crippen molar-refractivity contribution in [3.63, 3.8) is 0 Å². The average Bonchev–Trinajstić information content (AvgIpc) is 2.93. The van der Waals surface area contributed by atoms with Crippen molar-refractivity contribution in [3.05, 3.63) is 36.3 Å². The van der Waals surface area contributed by atoms with Gasteiger partial charge in [0.2, 0.25) is 10.0 Å². The van der Waals surface area contributed by atoms with E-state index in [0.717, 1.165) is 12.0 Å². The molecule has 0 spiro atoms. The maximum Gasteiger partial charge on any atom is 0.330 e. The fraction of sp³-hybridized carbons (Fsp3) is 0.533. The molecule has 1 atom stereocenters. The molecular weight excluding hydrogens is 306 g/mol. The van der Waals surface area contributed by atoms with Crippen LogP contribution in [-0.2, 0) is 26.0 Å². The fourth-order valence-corrected chi connectivity index (χ4v) is 3.23. The summed E-state index contributed by atoms with van der Waals surface area (Å²) >= 11 is 0. The van der Waals surface area contributed by atoms with Crippen molar-refractivity contribution in [3.8, 4) is 0 Å². The Hall–Kier alpha value is -1.60. The summed E-state index contributed by atoms with van der Waals surface area (Å²) in [5.41, 5.74) is 0. The number of furan rings is 1. The van der Waals surface area contributed by atoms with Crippen molar-refractivity contribution in [2.45, 2.75) is 32.7 Å². The molecule has 0 aliphatic rings. The maximum atomic E-state index is 12.0. The average molecular weight is 329 g/mol. The minimum Gasteiger partial charge on any atom is -0.469 e. The molecule has 0 saturated carbocycles. The van der Waals surface area contributed by atoms with Gasteiger partial charge in [0.15, 0.2) is 0 Å². The topological polar surface area (TPSA) is 76.8 Å². The van der Waals surface area contributed by atoms with Gasteiger partial charge in [-0.25, -0.2) is 13.2 Å². The van der Waals surface area contributed by atoms with Crippen molar-refractivity contribution >= 4 is 16.0 Å². The first kappa shape index (κ1) is 18.4. The van der Waals surface area contributed by atoms with Crippen LogP contribution in [0, 0.1) is 0 Å². The Labute approximate surface area is 131 Å². The molecule has 6 nitrogen and oxygen atoms in total. The number of sulfonamides is 1. The van der Waals surface area contributed by atoms with Gasteiger partial charge in [-0.1, -0.05) is 13.0 Å². The maximum absolute atomic E-state index is 12.0. The van der Waals surface area contributed by atoms with E-state index in [4.69, 9.17) is 9.15 Å². The summed E-state index contributed by atoms with van der Waals surface area (Å²) in [7, 11) is -3.40. The second-order valence-corrected chi connectivity index (χ2v) is 6.77. The van der Waals surface area contributed by atoms with Crippen molar-refractivity contribution in [1.29, 1.82) is 0 Å². The lowest BCUT2D eigenvalue weighted by atomic mass is 10.1. The predicted octanol–water partition coefficient (Wildman–Crippen LogP) is 1.98. The van der Waals surface area contributed by atoms with Crippen LogP contribution in [0.3, 0.4) is 0 Å². The molecule has 22 heavy (non-hydrogen) atoms. The van der Waals surface area contributed by atoms with Gasteiger partial charge in [0.05, 0.1) is 19.1 Å². The normalized spacial score (nSPS) is 13.6. The zero-order valence-corrected chi connectivity index (χ0v) is 14.0. The van der Waals surface area contributed by atoms with Gasteiger partial charge in [-0.05, 0) is 25.5 Å². The molecule has 0 aliphatic heterocycles. The van der Waals surface area contributed by atoms with Crippen LogP contribution in [0.5, 0.6) is 0 Å². The summed E-state index contributed by atoms with van der Waals surface area (Å²) in [6.45, 7) is 4.04. The molecule has 0 aromatic carbocycles. The first-order valence-electron chi connectivity index (χ1n) is 7.21. The molecule has 1 unspecified atom stereocenters. The lowest BCUT2D eigenvalue weighted by molar-refractivity contribution is -0.137. The van der Waals surface area contributed by atoms with E-state index in [-0.39, 0.29) is 19.2 Å². The first-order chi connectivity index (χ1) is 10.4. The molecule has 0 saturated heterocycles. The third-order valence-corrected chi connectivity index (χ3v) is 4.45. The Kier molecular flexibility index (Phi) is 7.34. The smallest absolute Gasteiger partial charge is 0.330 e. The number of ether oxygens (including phenoxy) is 1. The molecular formula is C15H23NO5S. The summed E-state index contributed by atoms with van der Waals surface area (Å²) in [6, 6.07) is 3.36. The number of hydrogen-bond acceptors (Lipinski definition) is 5. The second-order valence-electron chi connectivity index (χ2n) is 4.83. The SMILES string of the molecule is CCOC(=O)/C=C/CN(C(CC)Cc1ccco1)S(C)(=O)=O. The number of nitrogens with zero attached hydrogens (tertiary/aromatic N) is 1. The van der Waals surface area contributed by atoms with Crippen LogP contribution in [-0.4, -0.2) is 44.1 Å². The van der Waals surface area contributed by atoms with Crippen molar-refractivity contribution in [1.82, 2.24) is 4.31 Å². The van der Waals surface area contributed by atoms with E-state index in [1.807, 2.05) is 13.0 Å². The third kappa shape index (κ3) is 6.03. The minimum absolute atomic E-state index is 0.122. The molecule has 1 rings (SSSR count). The Morgan fingerprint density at radius 2 is 2.18 bits per heavy atom. The van der Waals surface area contributed by atoms with Crippen molar-refractivity contribution in [2.75, 3.05) is 19.4 Å². The molecule has 0 aliphatic carbocycles. The van der Waals surface area contributed by atoms with E-state index in [1.165, 1.54) is 16.5 Å². The Bertz CT molecular complexity index is 577. The van der Waals surface area contributed by atoms with Crippen LogP contribution in [0.2, 0.25) is 0 Å². The molecule has 0 fully saturated rings. The quantitative estimate of drug-likeness (QED) is 0.511. The lowest BCUT2D eigenvalue weighted by Gasteiger charge is -2.27. The zero-order chi connectivity index (χ0) is 16.6. The third-order valence-electron chi connectivity index (χ3n) is 3.15. The Balaban J connectivity index is 2.80. The van der Waals surface area contributed by atoms with Gasteiger partial charge in [-0.2, -0.15) is 4.31 Å². The standard InChI is InChI=1S/C15H23NO5S/c1-4-13(12-14-8-7-11-21-14)16(22(3,18)19)10-6-9-15(17)20-5-2/h6-9,11,13H,4-5,10,12H2,1-3H3/b9-6+. The molecule has 1 heterocycles. The Morgan fingerprint density at radius 1 is 1.45 bits per heavy atom. The summed E-state index contributed by atoms with van der Waals surface area (Å²) < 4.78 is 35.4. The summed E-state index contributed by atoms with van der Waals surface area (Å²) in [6.07, 6.45) is 6.61. The molecule has 7 heteroatoms. The molecule has 1 aromatic heterocycles. The van der Waals surface area contributed by atoms with E-state index in [0.29, 0.717) is 12.8 Å². The molecule has 0 bridgehead atoms. The minimum atomic E-state index is -3.40. The molecule has 1 aromatic rings. The number of rotatable bonds is 9. The summed E-state index contributed by atoms with van der Waals surface area (Å²) in [5.74, 6) is 0.255. The molecule has 124 valence electrons. The first-order valence-corrected chi connectivity index (χ1v) is 9.05. The number of carbonyl (C=O) groups excluding carboxylic acids is 1. The largest absolute Gasteiger partial charge is 0.469 e. The van der Waals surface area contributed by atoms with E-state index in [1.54, 1.807) is 19.3 Å². The predicted molar refractivity (Wildman–Crippen MR) is 83.8 cm³/mol. The van der Waals surface area contributed by atoms with E-state index >= 15 is 0 Å². The van der Waals surface area contributed by atoms with Crippen LogP contribution in [0.4, 0.5) is 0 Å². The summed E-state index contributed by atoms with van der Waals surface area (Å²) in [4.78, 5) is 11.3. The monoisotopic (exact) mass is 329 g/mol. The van der Waals surface area contributed by atoms with Gasteiger partial charge in [0.1, 0.15) is 5.76 Å². The number of hydrogen-bond donors (Lipinski definition) is 0. The van der Waals surface area contributed by atoms with Gasteiger partial charge in [-0.3, -0.25) is 0 Å². The van der Waals surface area contributed by atoms with Crippen LogP contribution in [0.15, 0.2) is 35.0 Å². The number of esters is 1. The molecule has 0 radical (unpaired) electrons. The van der Waals surface area contributed by atoms with Gasteiger partial charge < -0.3 is 9.15 Å². The second kappa shape index (κ2) is 8.75. The Morgan fingerprint density at radius 3 is 2.68 bits per heavy atom. The highest BCUT2D eigenvalue weighted by Gasteiger charge is 2.25. The van der Waals surface area contributed by atoms with Crippen LogP contribution < -0.4 is 0 Å². The summed E-state index contributed by atoms with van der Waals surface area (Å²) in [5, 5.41) is 0. The van der Waals surface area contributed by atoms with E-state index in [9.17, 15) is 13.2 Å². The molecule has 0 amide bonds. The van der Waals surface area contributed by atoms with Crippen LogP contribution in [0.25, 0.3) is 0 Å².